The fraction of sp³-hybridized carbons (Fsp3) is 0.600. The minimum absolute atomic E-state index is 0.0316. The monoisotopic (exact) mass is 361 g/mol. The van der Waals surface area contributed by atoms with Crippen molar-refractivity contribution in [3.05, 3.63) is 35.9 Å². The summed E-state index contributed by atoms with van der Waals surface area (Å²) in [5.74, 6) is 0.526. The van der Waals surface area contributed by atoms with E-state index >= 15 is 0 Å². The minimum atomic E-state index is -0.266. The van der Waals surface area contributed by atoms with Crippen molar-refractivity contribution in [2.75, 3.05) is 39.3 Å². The lowest BCUT2D eigenvalue weighted by molar-refractivity contribution is -0.123. The van der Waals surface area contributed by atoms with Gasteiger partial charge in [-0.25, -0.2) is 4.79 Å². The Morgan fingerprint density at radius 3 is 2.35 bits per heavy atom. The van der Waals surface area contributed by atoms with Crippen LogP contribution in [-0.2, 0) is 9.53 Å². The van der Waals surface area contributed by atoms with E-state index in [-0.39, 0.29) is 18.0 Å². The van der Waals surface area contributed by atoms with Crippen LogP contribution in [0.1, 0.15) is 38.8 Å². The molecule has 0 aliphatic carbocycles. The molecule has 6 heteroatoms. The van der Waals surface area contributed by atoms with E-state index in [1.165, 1.54) is 0 Å². The summed E-state index contributed by atoms with van der Waals surface area (Å²) in [6.45, 7) is 9.45. The van der Waals surface area contributed by atoms with E-state index in [2.05, 4.69) is 36.2 Å². The summed E-state index contributed by atoms with van der Waals surface area (Å²) in [4.78, 5) is 28.1. The highest BCUT2D eigenvalue weighted by Crippen LogP contribution is 2.21. The van der Waals surface area contributed by atoms with E-state index in [0.29, 0.717) is 45.2 Å². The molecule has 0 unspecified atom stereocenters. The molecule has 144 valence electrons. The molecule has 1 heterocycles. The first-order valence-corrected chi connectivity index (χ1v) is 9.48. The molecule has 1 aromatic rings. The van der Waals surface area contributed by atoms with Gasteiger partial charge in [-0.05, 0) is 24.8 Å². The van der Waals surface area contributed by atoms with Gasteiger partial charge in [0.2, 0.25) is 5.91 Å². The van der Waals surface area contributed by atoms with Crippen LogP contribution in [0.5, 0.6) is 0 Å². The summed E-state index contributed by atoms with van der Waals surface area (Å²) in [6, 6.07) is 10.1. The molecule has 0 bridgehead atoms. The van der Waals surface area contributed by atoms with Gasteiger partial charge in [-0.15, -0.1) is 0 Å². The van der Waals surface area contributed by atoms with E-state index in [1.807, 2.05) is 18.2 Å². The van der Waals surface area contributed by atoms with Crippen LogP contribution in [0.2, 0.25) is 0 Å². The van der Waals surface area contributed by atoms with Crippen molar-refractivity contribution in [1.82, 2.24) is 15.1 Å². The number of piperazine rings is 1. The van der Waals surface area contributed by atoms with Gasteiger partial charge in [0.05, 0.1) is 19.2 Å². The molecule has 1 aliphatic heterocycles. The first kappa shape index (κ1) is 20.2. The Morgan fingerprint density at radius 1 is 1.12 bits per heavy atom. The van der Waals surface area contributed by atoms with Crippen molar-refractivity contribution >= 4 is 12.0 Å². The zero-order chi connectivity index (χ0) is 18.9. The Kier molecular flexibility index (Phi) is 7.91. The van der Waals surface area contributed by atoms with Gasteiger partial charge in [-0.1, -0.05) is 44.2 Å². The lowest BCUT2D eigenvalue weighted by Gasteiger charge is -2.34. The second-order valence-electron chi connectivity index (χ2n) is 7.12. The van der Waals surface area contributed by atoms with Crippen LogP contribution in [0.25, 0.3) is 0 Å². The molecule has 0 radical (unpaired) electrons. The molecule has 6 nitrogen and oxygen atoms in total. The molecule has 1 aromatic carbocycles. The first-order valence-electron chi connectivity index (χ1n) is 9.48. The normalized spacial score (nSPS) is 16.4. The summed E-state index contributed by atoms with van der Waals surface area (Å²) in [5, 5.41) is 3.18. The highest BCUT2D eigenvalue weighted by atomic mass is 16.6. The van der Waals surface area contributed by atoms with Gasteiger partial charge in [-0.3, -0.25) is 9.69 Å². The largest absolute Gasteiger partial charge is 0.450 e. The van der Waals surface area contributed by atoms with Crippen molar-refractivity contribution in [3.8, 4) is 0 Å². The fourth-order valence-electron chi connectivity index (χ4n) is 3.18. The molecule has 1 saturated heterocycles. The zero-order valence-electron chi connectivity index (χ0n) is 16.1. The molecular weight excluding hydrogens is 330 g/mol. The van der Waals surface area contributed by atoms with Crippen molar-refractivity contribution in [1.29, 1.82) is 0 Å². The second kappa shape index (κ2) is 10.2. The van der Waals surface area contributed by atoms with Crippen LogP contribution in [0.4, 0.5) is 4.79 Å². The third kappa shape index (κ3) is 6.33. The molecule has 26 heavy (non-hydrogen) atoms. The van der Waals surface area contributed by atoms with E-state index in [4.69, 9.17) is 4.74 Å². The van der Waals surface area contributed by atoms with E-state index in [9.17, 15) is 9.59 Å². The quantitative estimate of drug-likeness (QED) is 0.811. The number of carbonyl (C=O) groups excluding carboxylic acids is 2. The topological polar surface area (TPSA) is 61.9 Å². The van der Waals surface area contributed by atoms with E-state index < -0.39 is 0 Å². The van der Waals surface area contributed by atoms with Gasteiger partial charge in [0.25, 0.3) is 0 Å². The summed E-state index contributed by atoms with van der Waals surface area (Å²) in [6.07, 6.45) is 0.643. The fourth-order valence-corrected chi connectivity index (χ4v) is 3.18. The Hall–Kier alpha value is -2.08. The number of hydrogen-bond acceptors (Lipinski definition) is 4. The Morgan fingerprint density at radius 2 is 1.77 bits per heavy atom. The molecule has 2 rings (SSSR count). The Balaban J connectivity index is 1.84. The van der Waals surface area contributed by atoms with Crippen LogP contribution >= 0.6 is 0 Å². The molecule has 0 saturated carbocycles. The number of amides is 2. The maximum absolute atomic E-state index is 12.5. The summed E-state index contributed by atoms with van der Waals surface area (Å²) in [5.41, 5.74) is 1.14. The first-order chi connectivity index (χ1) is 12.5. The minimum Gasteiger partial charge on any atom is -0.450 e. The van der Waals surface area contributed by atoms with Crippen LogP contribution < -0.4 is 5.32 Å². The maximum atomic E-state index is 12.5. The number of hydrogen-bond donors (Lipinski definition) is 1. The van der Waals surface area contributed by atoms with E-state index in [0.717, 1.165) is 12.0 Å². The zero-order valence-corrected chi connectivity index (χ0v) is 16.1. The molecule has 1 N–H and O–H groups in total. The second-order valence-corrected chi connectivity index (χ2v) is 7.12. The van der Waals surface area contributed by atoms with Gasteiger partial charge in [0, 0.05) is 26.2 Å². The van der Waals surface area contributed by atoms with Crippen molar-refractivity contribution in [3.63, 3.8) is 0 Å². The molecule has 0 aromatic heterocycles. The number of nitrogens with one attached hydrogen (secondary N) is 1. The average Bonchev–Trinajstić information content (AvgIpc) is 2.62. The Labute approximate surface area is 156 Å². The van der Waals surface area contributed by atoms with Crippen LogP contribution in [0.15, 0.2) is 30.3 Å². The molecule has 0 spiro atoms. The summed E-state index contributed by atoms with van der Waals surface area (Å²) >= 11 is 0. The van der Waals surface area contributed by atoms with E-state index in [1.54, 1.807) is 11.8 Å². The van der Waals surface area contributed by atoms with Gasteiger partial charge >= 0.3 is 6.09 Å². The van der Waals surface area contributed by atoms with Gasteiger partial charge in [0.15, 0.2) is 0 Å². The third-order valence-electron chi connectivity index (χ3n) is 4.51. The number of carbonyl (C=O) groups is 2. The van der Waals surface area contributed by atoms with Crippen LogP contribution in [0, 0.1) is 5.92 Å². The lowest BCUT2D eigenvalue weighted by atomic mass is 9.97. The highest BCUT2D eigenvalue weighted by molar-refractivity contribution is 5.78. The lowest BCUT2D eigenvalue weighted by Crippen LogP contribution is -2.51. The van der Waals surface area contributed by atoms with Crippen LogP contribution in [-0.4, -0.2) is 61.1 Å². The molecule has 1 atom stereocenters. The third-order valence-corrected chi connectivity index (χ3v) is 4.51. The van der Waals surface area contributed by atoms with Gasteiger partial charge < -0.3 is 15.0 Å². The van der Waals surface area contributed by atoms with Crippen molar-refractivity contribution < 1.29 is 14.3 Å². The summed E-state index contributed by atoms with van der Waals surface area (Å²) < 4.78 is 5.03. The van der Waals surface area contributed by atoms with Gasteiger partial charge in [0.1, 0.15) is 0 Å². The van der Waals surface area contributed by atoms with Crippen molar-refractivity contribution in [2.45, 2.75) is 33.2 Å². The number of benzene rings is 1. The number of rotatable bonds is 7. The number of nitrogens with zero attached hydrogens (tertiary/aromatic N) is 2. The van der Waals surface area contributed by atoms with Gasteiger partial charge in [-0.2, -0.15) is 0 Å². The van der Waals surface area contributed by atoms with Crippen LogP contribution in [0.3, 0.4) is 0 Å². The SMILES string of the molecule is CCOC(=O)N1CCN(CC(=O)N[C@H](CC(C)C)c2ccccc2)CC1. The molecule has 2 amide bonds. The highest BCUT2D eigenvalue weighted by Gasteiger charge is 2.24. The average molecular weight is 361 g/mol. The predicted molar refractivity (Wildman–Crippen MR) is 102 cm³/mol. The number of ether oxygens (including phenoxy) is 1. The molecule has 1 aliphatic rings. The summed E-state index contributed by atoms with van der Waals surface area (Å²) in [7, 11) is 0. The molecule has 1 fully saturated rings. The smallest absolute Gasteiger partial charge is 0.409 e. The Bertz CT molecular complexity index is 569. The predicted octanol–water partition coefficient (Wildman–Crippen LogP) is 2.66. The molecular formula is C20H31N3O3. The maximum Gasteiger partial charge on any atom is 0.409 e. The van der Waals surface area contributed by atoms with Crippen molar-refractivity contribution in [2.24, 2.45) is 5.92 Å². The standard InChI is InChI=1S/C20H31N3O3/c1-4-26-20(25)23-12-10-22(11-13-23)15-19(24)21-18(14-16(2)3)17-8-6-5-7-9-17/h5-9,16,18H,4,10-15H2,1-3H3,(H,21,24)/t18-/m1/s1.